The van der Waals surface area contributed by atoms with Crippen LogP contribution < -0.4 is 5.32 Å². The zero-order chi connectivity index (χ0) is 12.5. The molecule has 0 radical (unpaired) electrons. The van der Waals surface area contributed by atoms with Crippen molar-refractivity contribution in [1.82, 2.24) is 10.1 Å². The molecule has 1 aromatic heterocycles. The highest BCUT2D eigenvalue weighted by Gasteiger charge is 2.13. The zero-order valence-corrected chi connectivity index (χ0v) is 10.6. The van der Waals surface area contributed by atoms with Gasteiger partial charge in [-0.05, 0) is 12.8 Å². The Bertz CT molecular complexity index is 304. The number of aromatic nitrogens is 1. The molecule has 0 unspecified atom stereocenters. The Kier molecular flexibility index (Phi) is 6.14. The molecular formula is C12H21N3O2. The summed E-state index contributed by atoms with van der Waals surface area (Å²) in [5, 5.41) is 6.39. The predicted molar refractivity (Wildman–Crippen MR) is 66.9 cm³/mol. The molecular weight excluding hydrogens is 218 g/mol. The van der Waals surface area contributed by atoms with Gasteiger partial charge >= 0.3 is 6.03 Å². The third kappa shape index (κ3) is 4.89. The standard InChI is InChI=1S/C12H21N3O2/c1-3-5-8-15(9-6-4-2)12(16)13-11-7-10-17-14-11/h7,10H,3-6,8-9H2,1-2H3,(H,13,14,16). The summed E-state index contributed by atoms with van der Waals surface area (Å²) in [6, 6.07) is 1.54. The molecule has 0 aliphatic carbocycles. The number of anilines is 1. The zero-order valence-electron chi connectivity index (χ0n) is 10.6. The maximum Gasteiger partial charge on any atom is 0.323 e. The molecule has 0 aromatic carbocycles. The van der Waals surface area contributed by atoms with Gasteiger partial charge in [0.15, 0.2) is 5.82 Å². The van der Waals surface area contributed by atoms with E-state index in [0.717, 1.165) is 38.8 Å². The minimum atomic E-state index is -0.0965. The number of carbonyl (C=O) groups is 1. The molecule has 1 aromatic rings. The highest BCUT2D eigenvalue weighted by atomic mass is 16.5. The number of urea groups is 1. The SMILES string of the molecule is CCCCN(CCCC)C(=O)Nc1ccon1. The maximum atomic E-state index is 12.0. The van der Waals surface area contributed by atoms with Gasteiger partial charge in [0, 0.05) is 19.2 Å². The summed E-state index contributed by atoms with van der Waals surface area (Å²) in [5.74, 6) is 0.466. The van der Waals surface area contributed by atoms with Crippen molar-refractivity contribution < 1.29 is 9.32 Å². The van der Waals surface area contributed by atoms with Gasteiger partial charge in [0.1, 0.15) is 6.26 Å². The van der Waals surface area contributed by atoms with E-state index in [-0.39, 0.29) is 6.03 Å². The Morgan fingerprint density at radius 2 is 2.00 bits per heavy atom. The molecule has 0 spiro atoms. The van der Waals surface area contributed by atoms with Gasteiger partial charge in [-0.3, -0.25) is 5.32 Å². The van der Waals surface area contributed by atoms with Crippen molar-refractivity contribution in [3.63, 3.8) is 0 Å². The van der Waals surface area contributed by atoms with E-state index in [1.165, 1.54) is 6.26 Å². The predicted octanol–water partition coefficient (Wildman–Crippen LogP) is 3.11. The van der Waals surface area contributed by atoms with Crippen LogP contribution in [0.15, 0.2) is 16.9 Å². The van der Waals surface area contributed by atoms with Crippen molar-refractivity contribution in [2.24, 2.45) is 0 Å². The minimum absolute atomic E-state index is 0.0965. The first kappa shape index (κ1) is 13.5. The fraction of sp³-hybridized carbons (Fsp3) is 0.667. The monoisotopic (exact) mass is 239 g/mol. The molecule has 0 fully saturated rings. The number of amides is 2. The molecule has 0 saturated carbocycles. The first-order valence-electron chi connectivity index (χ1n) is 6.24. The van der Waals surface area contributed by atoms with Crippen molar-refractivity contribution in [2.45, 2.75) is 39.5 Å². The van der Waals surface area contributed by atoms with E-state index in [9.17, 15) is 4.79 Å². The third-order valence-electron chi connectivity index (χ3n) is 2.52. The van der Waals surface area contributed by atoms with Gasteiger partial charge in [-0.15, -0.1) is 0 Å². The van der Waals surface area contributed by atoms with Gasteiger partial charge in [0.2, 0.25) is 0 Å². The third-order valence-corrected chi connectivity index (χ3v) is 2.52. The van der Waals surface area contributed by atoms with E-state index in [1.54, 1.807) is 6.07 Å². The lowest BCUT2D eigenvalue weighted by Gasteiger charge is -2.21. The van der Waals surface area contributed by atoms with Gasteiger partial charge in [-0.2, -0.15) is 0 Å². The molecule has 5 heteroatoms. The lowest BCUT2D eigenvalue weighted by atomic mass is 10.3. The van der Waals surface area contributed by atoms with E-state index in [2.05, 4.69) is 28.8 Å². The van der Waals surface area contributed by atoms with Gasteiger partial charge in [0.05, 0.1) is 0 Å². The minimum Gasteiger partial charge on any atom is -0.363 e. The van der Waals surface area contributed by atoms with Crippen LogP contribution in [0.1, 0.15) is 39.5 Å². The molecule has 17 heavy (non-hydrogen) atoms. The lowest BCUT2D eigenvalue weighted by molar-refractivity contribution is 0.209. The molecule has 96 valence electrons. The number of rotatable bonds is 7. The molecule has 0 saturated heterocycles. The van der Waals surface area contributed by atoms with Crippen LogP contribution in [0.2, 0.25) is 0 Å². The van der Waals surface area contributed by atoms with Crippen LogP contribution in [0.4, 0.5) is 10.6 Å². The lowest BCUT2D eigenvalue weighted by Crippen LogP contribution is -2.36. The average Bonchev–Trinajstić information content (AvgIpc) is 2.82. The van der Waals surface area contributed by atoms with E-state index in [4.69, 9.17) is 0 Å². The summed E-state index contributed by atoms with van der Waals surface area (Å²) in [6.45, 7) is 5.82. The summed E-state index contributed by atoms with van der Waals surface area (Å²) in [5.41, 5.74) is 0. The number of nitrogens with one attached hydrogen (secondary N) is 1. The second kappa shape index (κ2) is 7.70. The van der Waals surface area contributed by atoms with Crippen LogP contribution in [0.3, 0.4) is 0 Å². The molecule has 5 nitrogen and oxygen atoms in total. The molecule has 0 aliphatic heterocycles. The van der Waals surface area contributed by atoms with E-state index in [0.29, 0.717) is 5.82 Å². The number of carbonyl (C=O) groups excluding carboxylic acids is 1. The fourth-order valence-electron chi connectivity index (χ4n) is 1.48. The Morgan fingerprint density at radius 1 is 1.35 bits per heavy atom. The number of hydrogen-bond acceptors (Lipinski definition) is 3. The van der Waals surface area contributed by atoms with Crippen LogP contribution in [-0.4, -0.2) is 29.2 Å². The van der Waals surface area contributed by atoms with Crippen LogP contribution in [0, 0.1) is 0 Å². The van der Waals surface area contributed by atoms with Crippen molar-refractivity contribution in [1.29, 1.82) is 0 Å². The number of nitrogens with zero attached hydrogens (tertiary/aromatic N) is 2. The first-order valence-corrected chi connectivity index (χ1v) is 6.24. The van der Waals surface area contributed by atoms with Gasteiger partial charge < -0.3 is 9.42 Å². The van der Waals surface area contributed by atoms with Crippen molar-refractivity contribution >= 4 is 11.8 Å². The molecule has 0 atom stereocenters. The normalized spacial score (nSPS) is 10.2. The second-order valence-electron chi connectivity index (χ2n) is 4.01. The first-order chi connectivity index (χ1) is 8.27. The van der Waals surface area contributed by atoms with Crippen LogP contribution in [0.5, 0.6) is 0 Å². The van der Waals surface area contributed by atoms with E-state index in [1.807, 2.05) is 4.90 Å². The fourth-order valence-corrected chi connectivity index (χ4v) is 1.48. The molecule has 2 amide bonds. The van der Waals surface area contributed by atoms with Crippen molar-refractivity contribution in [3.8, 4) is 0 Å². The molecule has 1 heterocycles. The Labute approximate surface area is 102 Å². The smallest absolute Gasteiger partial charge is 0.323 e. The van der Waals surface area contributed by atoms with Crippen LogP contribution >= 0.6 is 0 Å². The highest BCUT2D eigenvalue weighted by Crippen LogP contribution is 2.06. The molecule has 0 bridgehead atoms. The average molecular weight is 239 g/mol. The second-order valence-corrected chi connectivity index (χ2v) is 4.01. The molecule has 1 N–H and O–H groups in total. The van der Waals surface area contributed by atoms with Gasteiger partial charge in [0.25, 0.3) is 0 Å². The topological polar surface area (TPSA) is 58.4 Å². The van der Waals surface area contributed by atoms with E-state index < -0.39 is 0 Å². The Hall–Kier alpha value is -1.52. The van der Waals surface area contributed by atoms with Crippen molar-refractivity contribution in [2.75, 3.05) is 18.4 Å². The number of unbranched alkanes of at least 4 members (excludes halogenated alkanes) is 2. The Morgan fingerprint density at radius 3 is 2.47 bits per heavy atom. The molecule has 1 rings (SSSR count). The molecule has 0 aliphatic rings. The summed E-state index contributed by atoms with van der Waals surface area (Å²) in [4.78, 5) is 13.8. The summed E-state index contributed by atoms with van der Waals surface area (Å²) in [6.07, 6.45) is 5.66. The summed E-state index contributed by atoms with van der Waals surface area (Å²) >= 11 is 0. The highest BCUT2D eigenvalue weighted by molar-refractivity contribution is 5.88. The quantitative estimate of drug-likeness (QED) is 0.795. The largest absolute Gasteiger partial charge is 0.363 e. The number of hydrogen-bond donors (Lipinski definition) is 1. The Balaban J connectivity index is 2.46. The van der Waals surface area contributed by atoms with Crippen molar-refractivity contribution in [3.05, 3.63) is 12.3 Å². The maximum absolute atomic E-state index is 12.0. The van der Waals surface area contributed by atoms with Crippen LogP contribution in [-0.2, 0) is 0 Å². The summed E-state index contributed by atoms with van der Waals surface area (Å²) in [7, 11) is 0. The van der Waals surface area contributed by atoms with E-state index >= 15 is 0 Å². The van der Waals surface area contributed by atoms with Gasteiger partial charge in [-0.25, -0.2) is 4.79 Å². The van der Waals surface area contributed by atoms with Crippen LogP contribution in [0.25, 0.3) is 0 Å². The summed E-state index contributed by atoms with van der Waals surface area (Å²) < 4.78 is 4.67. The van der Waals surface area contributed by atoms with Gasteiger partial charge in [-0.1, -0.05) is 31.8 Å².